The summed E-state index contributed by atoms with van der Waals surface area (Å²) in [4.78, 5) is 34.4. The van der Waals surface area contributed by atoms with Crippen molar-refractivity contribution in [3.05, 3.63) is 0 Å². The normalized spacial score (nSPS) is 13.3. The molecular formula is C13H25N3O4. The van der Waals surface area contributed by atoms with Crippen molar-refractivity contribution in [1.82, 2.24) is 16.0 Å². The van der Waals surface area contributed by atoms with Crippen molar-refractivity contribution < 1.29 is 19.5 Å². The van der Waals surface area contributed by atoms with Gasteiger partial charge in [0.2, 0.25) is 5.91 Å². The van der Waals surface area contributed by atoms with Gasteiger partial charge in [-0.15, -0.1) is 0 Å². The maximum atomic E-state index is 11.7. The lowest BCUT2D eigenvalue weighted by Gasteiger charge is -2.29. The number of hydrogen-bond donors (Lipinski definition) is 4. The second kappa shape index (κ2) is 6.58. The average molecular weight is 287 g/mol. The number of urea groups is 1. The van der Waals surface area contributed by atoms with Crippen LogP contribution in [0.2, 0.25) is 0 Å². The molecule has 0 aliphatic rings. The Labute approximate surface area is 119 Å². The first-order valence-electron chi connectivity index (χ1n) is 6.41. The zero-order valence-corrected chi connectivity index (χ0v) is 13.0. The number of aliphatic carboxylic acids is 1. The first kappa shape index (κ1) is 18.2. The van der Waals surface area contributed by atoms with Gasteiger partial charge in [-0.1, -0.05) is 20.8 Å². The van der Waals surface area contributed by atoms with E-state index in [1.165, 1.54) is 7.05 Å². The highest BCUT2D eigenvalue weighted by Gasteiger charge is 2.33. The second-order valence-electron chi connectivity index (χ2n) is 6.43. The van der Waals surface area contributed by atoms with Crippen molar-refractivity contribution in [2.75, 3.05) is 13.6 Å². The molecule has 1 atom stereocenters. The summed E-state index contributed by atoms with van der Waals surface area (Å²) in [6.07, 6.45) is 0. The quantitative estimate of drug-likeness (QED) is 0.592. The number of carboxylic acid groups (broad SMARTS) is 1. The second-order valence-corrected chi connectivity index (χ2v) is 6.43. The molecule has 0 radical (unpaired) electrons. The third kappa shape index (κ3) is 5.46. The highest BCUT2D eigenvalue weighted by molar-refractivity contribution is 5.85. The summed E-state index contributed by atoms with van der Waals surface area (Å²) in [6, 6.07) is -1.62. The van der Waals surface area contributed by atoms with Gasteiger partial charge in [-0.3, -0.25) is 4.79 Å². The molecular weight excluding hydrogens is 262 g/mol. The Bertz CT molecular complexity index is 386. The first-order chi connectivity index (χ1) is 8.91. The largest absolute Gasteiger partial charge is 0.480 e. The molecule has 0 bridgehead atoms. The molecule has 0 rings (SSSR count). The lowest BCUT2D eigenvalue weighted by molar-refractivity contribution is -0.142. The Morgan fingerprint density at radius 1 is 1.10 bits per heavy atom. The van der Waals surface area contributed by atoms with Gasteiger partial charge < -0.3 is 21.1 Å². The zero-order valence-electron chi connectivity index (χ0n) is 13.0. The van der Waals surface area contributed by atoms with E-state index in [1.54, 1.807) is 34.6 Å². The van der Waals surface area contributed by atoms with Gasteiger partial charge in [-0.25, -0.2) is 9.59 Å². The van der Waals surface area contributed by atoms with Crippen LogP contribution in [0.25, 0.3) is 0 Å². The van der Waals surface area contributed by atoms with E-state index in [1.807, 2.05) is 0 Å². The average Bonchev–Trinajstić information content (AvgIpc) is 2.30. The molecule has 0 aromatic heterocycles. The molecule has 7 heteroatoms. The Balaban J connectivity index is 4.57. The molecule has 20 heavy (non-hydrogen) atoms. The molecule has 3 amide bonds. The van der Waals surface area contributed by atoms with Crippen LogP contribution in [0, 0.1) is 10.8 Å². The number of amides is 3. The molecule has 7 nitrogen and oxygen atoms in total. The van der Waals surface area contributed by atoms with Crippen LogP contribution in [0.3, 0.4) is 0 Å². The maximum absolute atomic E-state index is 11.7. The molecule has 0 fully saturated rings. The van der Waals surface area contributed by atoms with E-state index in [4.69, 9.17) is 5.11 Å². The molecule has 0 spiro atoms. The van der Waals surface area contributed by atoms with Crippen LogP contribution in [0.4, 0.5) is 4.79 Å². The molecule has 0 heterocycles. The topological polar surface area (TPSA) is 108 Å². The summed E-state index contributed by atoms with van der Waals surface area (Å²) < 4.78 is 0. The lowest BCUT2D eigenvalue weighted by Crippen LogP contribution is -2.54. The molecule has 0 aromatic carbocycles. The van der Waals surface area contributed by atoms with E-state index in [9.17, 15) is 14.4 Å². The SMILES string of the molecule is CNC(=O)C(C)(C)CNC(=O)N[C@H](C(=O)O)C(C)(C)C. The van der Waals surface area contributed by atoms with E-state index in [2.05, 4.69) is 16.0 Å². The number of carbonyl (C=O) groups excluding carboxylic acids is 2. The maximum Gasteiger partial charge on any atom is 0.326 e. The summed E-state index contributed by atoms with van der Waals surface area (Å²) in [5.41, 5.74) is -1.38. The summed E-state index contributed by atoms with van der Waals surface area (Å²) in [7, 11) is 1.52. The molecule has 0 saturated heterocycles. The van der Waals surface area contributed by atoms with E-state index in [0.717, 1.165) is 0 Å². The van der Waals surface area contributed by atoms with Crippen molar-refractivity contribution in [2.24, 2.45) is 10.8 Å². The highest BCUT2D eigenvalue weighted by atomic mass is 16.4. The van der Waals surface area contributed by atoms with Crippen molar-refractivity contribution >= 4 is 17.9 Å². The van der Waals surface area contributed by atoms with Gasteiger partial charge in [0, 0.05) is 13.6 Å². The number of nitrogens with one attached hydrogen (secondary N) is 3. The first-order valence-corrected chi connectivity index (χ1v) is 6.41. The van der Waals surface area contributed by atoms with Gasteiger partial charge in [-0.05, 0) is 19.3 Å². The van der Waals surface area contributed by atoms with Crippen molar-refractivity contribution in [3.63, 3.8) is 0 Å². The minimum Gasteiger partial charge on any atom is -0.480 e. The summed E-state index contributed by atoms with van der Waals surface area (Å²) in [6.45, 7) is 8.64. The van der Waals surface area contributed by atoms with Crippen LogP contribution < -0.4 is 16.0 Å². The summed E-state index contributed by atoms with van der Waals surface area (Å²) in [5, 5.41) is 16.5. The van der Waals surface area contributed by atoms with Crippen LogP contribution in [0.1, 0.15) is 34.6 Å². The Hall–Kier alpha value is -1.79. The van der Waals surface area contributed by atoms with E-state index in [0.29, 0.717) is 0 Å². The molecule has 0 aromatic rings. The van der Waals surface area contributed by atoms with Gasteiger partial charge in [0.25, 0.3) is 0 Å². The van der Waals surface area contributed by atoms with Crippen molar-refractivity contribution in [1.29, 1.82) is 0 Å². The van der Waals surface area contributed by atoms with Gasteiger partial charge in [-0.2, -0.15) is 0 Å². The van der Waals surface area contributed by atoms with Gasteiger partial charge >= 0.3 is 12.0 Å². The van der Waals surface area contributed by atoms with E-state index < -0.39 is 28.9 Å². The lowest BCUT2D eigenvalue weighted by atomic mass is 9.87. The fourth-order valence-corrected chi connectivity index (χ4v) is 1.55. The van der Waals surface area contributed by atoms with E-state index >= 15 is 0 Å². The molecule has 116 valence electrons. The van der Waals surface area contributed by atoms with Crippen LogP contribution in [-0.4, -0.2) is 42.6 Å². The standard InChI is InChI=1S/C13H25N3O4/c1-12(2,3)8(9(17)18)16-11(20)15-7-13(4,5)10(19)14-6/h8H,7H2,1-6H3,(H,14,19)(H,17,18)(H2,15,16,20)/t8-/m1/s1. The number of carboxylic acids is 1. The van der Waals surface area contributed by atoms with Crippen LogP contribution in [0.5, 0.6) is 0 Å². The molecule has 4 N–H and O–H groups in total. The minimum atomic E-state index is -1.10. The van der Waals surface area contributed by atoms with Gasteiger partial charge in [0.1, 0.15) is 6.04 Å². The van der Waals surface area contributed by atoms with Crippen molar-refractivity contribution in [2.45, 2.75) is 40.7 Å². The number of hydrogen-bond acceptors (Lipinski definition) is 3. The zero-order chi connectivity index (χ0) is 16.1. The van der Waals surface area contributed by atoms with Crippen LogP contribution in [0.15, 0.2) is 0 Å². The highest BCUT2D eigenvalue weighted by Crippen LogP contribution is 2.19. The molecule has 0 aliphatic heterocycles. The summed E-state index contributed by atoms with van der Waals surface area (Å²) >= 11 is 0. The summed E-state index contributed by atoms with van der Waals surface area (Å²) in [5.74, 6) is -1.30. The molecule has 0 aliphatic carbocycles. The molecule has 0 unspecified atom stereocenters. The third-order valence-corrected chi connectivity index (χ3v) is 2.92. The van der Waals surface area contributed by atoms with E-state index in [-0.39, 0.29) is 12.5 Å². The van der Waals surface area contributed by atoms with Gasteiger partial charge in [0.05, 0.1) is 5.41 Å². The predicted octanol–water partition coefficient (Wildman–Crippen LogP) is 0.557. The van der Waals surface area contributed by atoms with Crippen LogP contribution >= 0.6 is 0 Å². The molecule has 0 saturated carbocycles. The Morgan fingerprint density at radius 3 is 1.95 bits per heavy atom. The fraction of sp³-hybridized carbons (Fsp3) is 0.769. The fourth-order valence-electron chi connectivity index (χ4n) is 1.55. The third-order valence-electron chi connectivity index (χ3n) is 2.92. The van der Waals surface area contributed by atoms with Crippen LogP contribution in [-0.2, 0) is 9.59 Å². The number of rotatable bonds is 5. The van der Waals surface area contributed by atoms with Gasteiger partial charge in [0.15, 0.2) is 0 Å². The smallest absolute Gasteiger partial charge is 0.326 e. The van der Waals surface area contributed by atoms with Crippen molar-refractivity contribution in [3.8, 4) is 0 Å². The number of carbonyl (C=O) groups is 3. The monoisotopic (exact) mass is 287 g/mol. The predicted molar refractivity (Wildman–Crippen MR) is 75.3 cm³/mol. The Morgan fingerprint density at radius 2 is 1.60 bits per heavy atom. The minimum absolute atomic E-state index is 0.106. The Kier molecular flexibility index (Phi) is 5.99.